The van der Waals surface area contributed by atoms with Crippen molar-refractivity contribution in [1.29, 1.82) is 0 Å². The molecule has 276 valence electrons. The van der Waals surface area contributed by atoms with Crippen molar-refractivity contribution in [2.45, 2.75) is 50.5 Å². The second-order valence-electron chi connectivity index (χ2n) is 12.4. The number of ether oxygens (including phenoxy) is 2. The summed E-state index contributed by atoms with van der Waals surface area (Å²) < 4.78 is 94.1. The number of thioether (sulfide) groups is 1. The van der Waals surface area contributed by atoms with Gasteiger partial charge in [-0.25, -0.2) is 0 Å². The number of amides is 2. The Morgan fingerprint density at radius 1 is 0.980 bits per heavy atom. The minimum absolute atomic E-state index is 0.0239. The lowest BCUT2D eigenvalue weighted by Crippen LogP contribution is -2.40. The maximum atomic E-state index is 13.8. The van der Waals surface area contributed by atoms with E-state index in [9.17, 15) is 45.8 Å². The van der Waals surface area contributed by atoms with Crippen LogP contribution < -0.4 is 10.1 Å². The van der Waals surface area contributed by atoms with Crippen LogP contribution in [-0.4, -0.2) is 89.1 Å². The molecule has 2 N–H and O–H groups in total. The van der Waals surface area contributed by atoms with Gasteiger partial charge < -0.3 is 19.9 Å². The first-order valence-corrected chi connectivity index (χ1v) is 17.5. The number of halogens is 6. The number of carbonyl (C=O) groups excluding carboxylic acids is 2. The summed E-state index contributed by atoms with van der Waals surface area (Å²) in [6.45, 7) is 2.89. The van der Waals surface area contributed by atoms with Crippen molar-refractivity contribution in [3.8, 4) is 16.9 Å². The molecule has 3 aliphatic rings. The molecule has 0 atom stereocenters. The number of nitrogens with one attached hydrogen (secondary N) is 1. The molecule has 2 aliphatic heterocycles. The zero-order valence-corrected chi connectivity index (χ0v) is 28.8. The normalized spacial score (nSPS) is 21.3. The zero-order valence-electron chi connectivity index (χ0n) is 27.1. The summed E-state index contributed by atoms with van der Waals surface area (Å²) in [7, 11) is 0. The van der Waals surface area contributed by atoms with E-state index in [-0.39, 0.29) is 63.7 Å². The fourth-order valence-corrected chi connectivity index (χ4v) is 7.36. The van der Waals surface area contributed by atoms with Gasteiger partial charge >= 0.3 is 18.3 Å². The third kappa shape index (κ3) is 10.2. The molecule has 3 fully saturated rings. The standard InChI is InChI=1S/C34H35F6N3O6S2/c35-33(36,37)23-17-22(18-24(19-23)34(38,39)40)26-15-20(1-6-27(26)49-14-11-42-9-12-48-13-10-42)16-28-30(45)43(32(50)51-28)8-7-29(44)41-25-4-2-21(3-5-25)31(46)47/h1,6,15-19,21,25H,2-5,7-14H2,(H,41,44)(H,46,47). The van der Waals surface area contributed by atoms with E-state index in [4.69, 9.17) is 21.7 Å². The summed E-state index contributed by atoms with van der Waals surface area (Å²) in [6.07, 6.45) is -6.77. The molecule has 2 heterocycles. The number of thiocarbonyl (C=S) groups is 1. The van der Waals surface area contributed by atoms with Crippen molar-refractivity contribution in [1.82, 2.24) is 15.1 Å². The van der Waals surface area contributed by atoms with Crippen LogP contribution in [0.5, 0.6) is 5.75 Å². The summed E-state index contributed by atoms with van der Waals surface area (Å²) >= 11 is 6.33. The van der Waals surface area contributed by atoms with Crippen LogP contribution in [0.3, 0.4) is 0 Å². The molecule has 0 aromatic heterocycles. The van der Waals surface area contributed by atoms with Gasteiger partial charge in [-0.2, -0.15) is 26.3 Å². The van der Waals surface area contributed by atoms with E-state index in [1.165, 1.54) is 29.2 Å². The minimum Gasteiger partial charge on any atom is -0.492 e. The molecular formula is C34H35F6N3O6S2. The monoisotopic (exact) mass is 759 g/mol. The number of nitrogens with zero attached hydrogens (tertiary/aromatic N) is 2. The second kappa shape index (κ2) is 16.3. The highest BCUT2D eigenvalue weighted by molar-refractivity contribution is 8.26. The summed E-state index contributed by atoms with van der Waals surface area (Å²) in [5.41, 5.74) is -3.06. The number of benzene rings is 2. The van der Waals surface area contributed by atoms with Gasteiger partial charge in [-0.1, -0.05) is 30.0 Å². The predicted octanol–water partition coefficient (Wildman–Crippen LogP) is 6.45. The van der Waals surface area contributed by atoms with Gasteiger partial charge in [0.15, 0.2) is 0 Å². The molecule has 2 amide bonds. The molecule has 9 nitrogen and oxygen atoms in total. The number of rotatable bonds is 11. The van der Waals surface area contributed by atoms with E-state index in [2.05, 4.69) is 10.2 Å². The Balaban J connectivity index is 1.35. The Morgan fingerprint density at radius 3 is 2.24 bits per heavy atom. The highest BCUT2D eigenvalue weighted by Crippen LogP contribution is 2.42. The summed E-state index contributed by atoms with van der Waals surface area (Å²) in [6, 6.07) is 5.48. The number of carboxylic acid groups (broad SMARTS) is 1. The summed E-state index contributed by atoms with van der Waals surface area (Å²) in [4.78, 5) is 40.6. The molecule has 0 unspecified atom stereocenters. The minimum atomic E-state index is -5.06. The van der Waals surface area contributed by atoms with Crippen LogP contribution in [0, 0.1) is 5.92 Å². The molecule has 2 saturated heterocycles. The predicted molar refractivity (Wildman–Crippen MR) is 181 cm³/mol. The number of aliphatic carboxylic acids is 1. The van der Waals surface area contributed by atoms with E-state index < -0.39 is 41.3 Å². The Hall–Kier alpha value is -3.67. The Kier molecular flexibility index (Phi) is 12.4. The average Bonchev–Trinajstić information content (AvgIpc) is 3.34. The molecular weight excluding hydrogens is 725 g/mol. The van der Waals surface area contributed by atoms with E-state index in [0.29, 0.717) is 76.2 Å². The molecule has 2 aromatic rings. The maximum absolute atomic E-state index is 13.8. The number of morpholine rings is 1. The Morgan fingerprint density at radius 2 is 1.63 bits per heavy atom. The quantitative estimate of drug-likeness (QED) is 0.152. The topological polar surface area (TPSA) is 108 Å². The molecule has 0 radical (unpaired) electrons. The van der Waals surface area contributed by atoms with Crippen molar-refractivity contribution >= 4 is 52.2 Å². The number of carbonyl (C=O) groups is 3. The number of carboxylic acids is 1. The first kappa shape index (κ1) is 38.6. The molecule has 2 aromatic carbocycles. The molecule has 0 spiro atoms. The molecule has 51 heavy (non-hydrogen) atoms. The number of hydrogen-bond donors (Lipinski definition) is 2. The molecule has 1 aliphatic carbocycles. The van der Waals surface area contributed by atoms with Gasteiger partial charge in [-0.15, -0.1) is 0 Å². The molecule has 17 heteroatoms. The Bertz CT molecular complexity index is 1640. The van der Waals surface area contributed by atoms with Crippen LogP contribution in [0.2, 0.25) is 0 Å². The SMILES string of the molecule is O=C(CCN1C(=O)C(=Cc2ccc(OCCN3CCOCC3)c(-c3cc(C(F)(F)F)cc(C(F)(F)F)c3)c2)SC1=S)NC1CCC(C(=O)O)CC1. The van der Waals surface area contributed by atoms with Crippen LogP contribution in [-0.2, 0) is 31.5 Å². The van der Waals surface area contributed by atoms with Crippen LogP contribution in [0.15, 0.2) is 41.3 Å². The van der Waals surface area contributed by atoms with Crippen LogP contribution >= 0.6 is 24.0 Å². The number of hydrogen-bond acceptors (Lipinski definition) is 8. The van der Waals surface area contributed by atoms with Crippen molar-refractivity contribution < 1.29 is 55.3 Å². The van der Waals surface area contributed by atoms with Gasteiger partial charge in [0.1, 0.15) is 16.7 Å². The van der Waals surface area contributed by atoms with Crippen molar-refractivity contribution in [2.75, 3.05) is 46.0 Å². The van der Waals surface area contributed by atoms with Gasteiger partial charge in [0.25, 0.3) is 5.91 Å². The van der Waals surface area contributed by atoms with Crippen LogP contribution in [0.25, 0.3) is 17.2 Å². The summed E-state index contributed by atoms with van der Waals surface area (Å²) in [5.74, 6) is -2.05. The highest BCUT2D eigenvalue weighted by atomic mass is 32.2. The van der Waals surface area contributed by atoms with Crippen molar-refractivity contribution in [2.24, 2.45) is 5.92 Å². The van der Waals surface area contributed by atoms with Gasteiger partial charge in [0.2, 0.25) is 5.91 Å². The smallest absolute Gasteiger partial charge is 0.416 e. The Labute approximate surface area is 299 Å². The largest absolute Gasteiger partial charge is 0.492 e. The molecule has 0 bridgehead atoms. The van der Waals surface area contributed by atoms with Crippen LogP contribution in [0.4, 0.5) is 26.3 Å². The lowest BCUT2D eigenvalue weighted by molar-refractivity contribution is -0.144. The zero-order chi connectivity index (χ0) is 36.9. The van der Waals surface area contributed by atoms with Crippen LogP contribution in [0.1, 0.15) is 48.8 Å². The average molecular weight is 760 g/mol. The third-order valence-electron chi connectivity index (χ3n) is 8.85. The van der Waals surface area contributed by atoms with Gasteiger partial charge in [0.05, 0.1) is 35.2 Å². The fraction of sp³-hybridized carbons (Fsp3) is 0.471. The lowest BCUT2D eigenvalue weighted by atomic mass is 9.86. The fourth-order valence-electron chi connectivity index (χ4n) is 6.05. The van der Waals surface area contributed by atoms with Gasteiger partial charge in [0, 0.05) is 44.2 Å². The van der Waals surface area contributed by atoms with Gasteiger partial charge in [-0.3, -0.25) is 24.2 Å². The maximum Gasteiger partial charge on any atom is 0.416 e. The van der Waals surface area contributed by atoms with E-state index in [1.807, 2.05) is 0 Å². The number of alkyl halides is 6. The van der Waals surface area contributed by atoms with Crippen molar-refractivity contribution in [3.05, 3.63) is 58.0 Å². The molecule has 5 rings (SSSR count). The van der Waals surface area contributed by atoms with E-state index in [0.717, 1.165) is 11.8 Å². The van der Waals surface area contributed by atoms with Gasteiger partial charge in [-0.05, 0) is 73.2 Å². The first-order valence-electron chi connectivity index (χ1n) is 16.2. The molecule has 1 saturated carbocycles. The van der Waals surface area contributed by atoms with E-state index >= 15 is 0 Å². The first-order chi connectivity index (χ1) is 24.1. The summed E-state index contributed by atoms with van der Waals surface area (Å²) in [5, 5.41) is 12.0. The highest BCUT2D eigenvalue weighted by Gasteiger charge is 2.38. The third-order valence-corrected chi connectivity index (χ3v) is 10.2. The lowest BCUT2D eigenvalue weighted by Gasteiger charge is -2.27. The van der Waals surface area contributed by atoms with Crippen molar-refractivity contribution in [3.63, 3.8) is 0 Å². The second-order valence-corrected chi connectivity index (χ2v) is 14.1. The van der Waals surface area contributed by atoms with E-state index in [1.54, 1.807) is 0 Å².